The van der Waals surface area contributed by atoms with Crippen molar-refractivity contribution < 1.29 is 9.53 Å². The largest absolute Gasteiger partial charge is 0.497 e. The van der Waals surface area contributed by atoms with Crippen molar-refractivity contribution in [3.8, 4) is 5.75 Å². The molecule has 0 atom stereocenters. The maximum atomic E-state index is 13.2. The first-order valence-corrected chi connectivity index (χ1v) is 8.42. The summed E-state index contributed by atoms with van der Waals surface area (Å²) in [5.41, 5.74) is 0.481. The van der Waals surface area contributed by atoms with Crippen LogP contribution in [-0.2, 0) is 10.2 Å². The molecule has 6 nitrogen and oxygen atoms in total. The van der Waals surface area contributed by atoms with Gasteiger partial charge in [-0.2, -0.15) is 10.1 Å². The van der Waals surface area contributed by atoms with E-state index in [1.807, 2.05) is 38.1 Å². The van der Waals surface area contributed by atoms with E-state index >= 15 is 0 Å². The SMILES string of the molecule is COc1cccc(C2(C(=O)Nc3ncnn3C(C)C)CCCC2)c1. The molecule has 0 spiro atoms. The maximum absolute atomic E-state index is 13.2. The van der Waals surface area contributed by atoms with Crippen molar-refractivity contribution in [2.45, 2.75) is 51.0 Å². The van der Waals surface area contributed by atoms with E-state index in [1.54, 1.807) is 11.8 Å². The van der Waals surface area contributed by atoms with Crippen molar-refractivity contribution in [3.05, 3.63) is 36.2 Å². The monoisotopic (exact) mass is 328 g/mol. The lowest BCUT2D eigenvalue weighted by Gasteiger charge is -2.28. The standard InChI is InChI=1S/C18H24N4O2/c1-13(2)22-17(19-12-20-22)21-16(23)18(9-4-5-10-18)14-7-6-8-15(11-14)24-3/h6-8,11-13H,4-5,9-10H2,1-3H3,(H,19,20,21,23). The Morgan fingerprint density at radius 1 is 1.33 bits per heavy atom. The molecule has 0 unspecified atom stereocenters. The van der Waals surface area contributed by atoms with Crippen LogP contribution in [0.4, 0.5) is 5.95 Å². The molecule has 0 aliphatic heterocycles. The zero-order valence-corrected chi connectivity index (χ0v) is 14.5. The van der Waals surface area contributed by atoms with Crippen molar-refractivity contribution in [1.29, 1.82) is 0 Å². The van der Waals surface area contributed by atoms with Gasteiger partial charge in [-0.3, -0.25) is 10.1 Å². The van der Waals surface area contributed by atoms with Gasteiger partial charge in [-0.05, 0) is 44.4 Å². The number of methoxy groups -OCH3 is 1. The maximum Gasteiger partial charge on any atom is 0.237 e. The number of carbonyl (C=O) groups excluding carboxylic acids is 1. The quantitative estimate of drug-likeness (QED) is 0.914. The predicted octanol–water partition coefficient (Wildman–Crippen LogP) is 3.32. The van der Waals surface area contributed by atoms with Crippen LogP contribution in [0.1, 0.15) is 51.1 Å². The minimum Gasteiger partial charge on any atom is -0.497 e. The van der Waals surface area contributed by atoms with Gasteiger partial charge in [0.1, 0.15) is 12.1 Å². The lowest BCUT2D eigenvalue weighted by atomic mass is 9.78. The van der Waals surface area contributed by atoms with Crippen LogP contribution >= 0.6 is 0 Å². The molecule has 3 rings (SSSR count). The zero-order valence-electron chi connectivity index (χ0n) is 14.5. The Hall–Kier alpha value is -2.37. The number of nitrogens with one attached hydrogen (secondary N) is 1. The molecule has 2 aromatic rings. The number of anilines is 1. The Balaban J connectivity index is 1.92. The molecule has 24 heavy (non-hydrogen) atoms. The average Bonchev–Trinajstić information content (AvgIpc) is 3.24. The summed E-state index contributed by atoms with van der Waals surface area (Å²) in [6.07, 6.45) is 5.23. The molecule has 1 amide bonds. The van der Waals surface area contributed by atoms with Crippen LogP contribution in [0.3, 0.4) is 0 Å². The number of benzene rings is 1. The Bertz CT molecular complexity index is 717. The molecule has 0 saturated heterocycles. The number of amides is 1. The molecule has 1 saturated carbocycles. The van der Waals surface area contributed by atoms with Crippen molar-refractivity contribution in [1.82, 2.24) is 14.8 Å². The molecular weight excluding hydrogens is 304 g/mol. The van der Waals surface area contributed by atoms with Gasteiger partial charge in [0.05, 0.1) is 18.6 Å². The summed E-state index contributed by atoms with van der Waals surface area (Å²) < 4.78 is 7.07. The van der Waals surface area contributed by atoms with Gasteiger partial charge in [-0.25, -0.2) is 4.68 Å². The minimum atomic E-state index is -0.525. The summed E-state index contributed by atoms with van der Waals surface area (Å²) in [6.45, 7) is 4.02. The summed E-state index contributed by atoms with van der Waals surface area (Å²) in [7, 11) is 1.64. The molecule has 1 aliphatic carbocycles. The van der Waals surface area contributed by atoms with Crippen molar-refractivity contribution in [2.24, 2.45) is 0 Å². The number of hydrogen-bond acceptors (Lipinski definition) is 4. The number of ether oxygens (including phenoxy) is 1. The van der Waals surface area contributed by atoms with E-state index in [1.165, 1.54) is 6.33 Å². The molecule has 1 N–H and O–H groups in total. The van der Waals surface area contributed by atoms with Crippen molar-refractivity contribution in [3.63, 3.8) is 0 Å². The highest BCUT2D eigenvalue weighted by Gasteiger charge is 2.43. The Morgan fingerprint density at radius 3 is 2.75 bits per heavy atom. The van der Waals surface area contributed by atoms with Gasteiger partial charge in [-0.15, -0.1) is 0 Å². The highest BCUT2D eigenvalue weighted by Crippen LogP contribution is 2.42. The van der Waals surface area contributed by atoms with Gasteiger partial charge in [-0.1, -0.05) is 25.0 Å². The van der Waals surface area contributed by atoms with Gasteiger partial charge in [0, 0.05) is 0 Å². The second-order valence-corrected chi connectivity index (χ2v) is 6.60. The molecule has 1 fully saturated rings. The summed E-state index contributed by atoms with van der Waals surface area (Å²) >= 11 is 0. The Kier molecular flexibility index (Phi) is 4.55. The zero-order chi connectivity index (χ0) is 17.2. The number of carbonyl (C=O) groups is 1. The second kappa shape index (κ2) is 6.63. The number of hydrogen-bond donors (Lipinski definition) is 1. The van der Waals surface area contributed by atoms with E-state index in [2.05, 4.69) is 15.4 Å². The molecule has 1 aromatic carbocycles. The Labute approximate surface area is 142 Å². The van der Waals surface area contributed by atoms with Gasteiger partial charge in [0.2, 0.25) is 11.9 Å². The fraction of sp³-hybridized carbons (Fsp3) is 0.500. The molecule has 1 aromatic heterocycles. The van der Waals surface area contributed by atoms with Gasteiger partial charge < -0.3 is 4.74 Å². The average molecular weight is 328 g/mol. The van der Waals surface area contributed by atoms with Crippen LogP contribution < -0.4 is 10.1 Å². The lowest BCUT2D eigenvalue weighted by molar-refractivity contribution is -0.121. The third-order valence-electron chi connectivity index (χ3n) is 4.80. The van der Waals surface area contributed by atoms with Gasteiger partial charge in [0.15, 0.2) is 0 Å². The first-order valence-electron chi connectivity index (χ1n) is 8.42. The van der Waals surface area contributed by atoms with E-state index in [9.17, 15) is 4.79 Å². The number of rotatable bonds is 5. The van der Waals surface area contributed by atoms with E-state index in [-0.39, 0.29) is 11.9 Å². The van der Waals surface area contributed by atoms with E-state index in [0.717, 1.165) is 37.0 Å². The molecule has 0 radical (unpaired) electrons. The summed E-state index contributed by atoms with van der Waals surface area (Å²) in [6, 6.07) is 7.97. The minimum absolute atomic E-state index is 0.0110. The highest BCUT2D eigenvalue weighted by atomic mass is 16.5. The Morgan fingerprint density at radius 2 is 2.08 bits per heavy atom. The first-order chi connectivity index (χ1) is 11.6. The fourth-order valence-corrected chi connectivity index (χ4v) is 3.48. The van der Waals surface area contributed by atoms with Crippen LogP contribution in [0.25, 0.3) is 0 Å². The smallest absolute Gasteiger partial charge is 0.237 e. The first kappa shape index (κ1) is 16.5. The number of nitrogens with zero attached hydrogens (tertiary/aromatic N) is 3. The molecule has 1 aliphatic rings. The van der Waals surface area contributed by atoms with Crippen LogP contribution in [0.15, 0.2) is 30.6 Å². The molecule has 1 heterocycles. The normalized spacial score (nSPS) is 16.3. The predicted molar refractivity (Wildman–Crippen MR) is 92.2 cm³/mol. The molecule has 6 heteroatoms. The third kappa shape index (κ3) is 2.88. The molecule has 128 valence electrons. The van der Waals surface area contributed by atoms with E-state index < -0.39 is 5.41 Å². The molecule has 0 bridgehead atoms. The van der Waals surface area contributed by atoms with Gasteiger partial charge >= 0.3 is 0 Å². The van der Waals surface area contributed by atoms with E-state index in [4.69, 9.17) is 4.74 Å². The van der Waals surface area contributed by atoms with Crippen LogP contribution in [0.5, 0.6) is 5.75 Å². The van der Waals surface area contributed by atoms with Crippen LogP contribution in [0, 0.1) is 0 Å². The second-order valence-electron chi connectivity index (χ2n) is 6.60. The lowest BCUT2D eigenvalue weighted by Crippen LogP contribution is -2.38. The van der Waals surface area contributed by atoms with Crippen molar-refractivity contribution >= 4 is 11.9 Å². The third-order valence-corrected chi connectivity index (χ3v) is 4.80. The summed E-state index contributed by atoms with van der Waals surface area (Å²) in [5, 5.41) is 7.19. The summed E-state index contributed by atoms with van der Waals surface area (Å²) in [5.74, 6) is 1.27. The highest BCUT2D eigenvalue weighted by molar-refractivity contribution is 5.98. The fourth-order valence-electron chi connectivity index (χ4n) is 3.48. The molecular formula is C18H24N4O2. The van der Waals surface area contributed by atoms with Gasteiger partial charge in [0.25, 0.3) is 0 Å². The topological polar surface area (TPSA) is 69.0 Å². The van der Waals surface area contributed by atoms with Crippen LogP contribution in [-0.4, -0.2) is 27.8 Å². The van der Waals surface area contributed by atoms with Crippen molar-refractivity contribution in [2.75, 3.05) is 12.4 Å². The summed E-state index contributed by atoms with van der Waals surface area (Å²) in [4.78, 5) is 17.4. The van der Waals surface area contributed by atoms with Crippen LogP contribution in [0.2, 0.25) is 0 Å². The van der Waals surface area contributed by atoms with E-state index in [0.29, 0.717) is 5.95 Å². The number of aromatic nitrogens is 3.